The van der Waals surface area contributed by atoms with Crippen LogP contribution in [-0.2, 0) is 17.6 Å². The van der Waals surface area contributed by atoms with E-state index in [0.717, 1.165) is 47.5 Å². The van der Waals surface area contributed by atoms with Gasteiger partial charge in [-0.1, -0.05) is 49.0 Å². The molecule has 3 N–H and O–H groups in total. The number of aromatic nitrogens is 2. The first-order valence-corrected chi connectivity index (χ1v) is 12.1. The van der Waals surface area contributed by atoms with Gasteiger partial charge in [-0.25, -0.2) is 9.97 Å². The summed E-state index contributed by atoms with van der Waals surface area (Å²) < 4.78 is 0. The Balaban J connectivity index is 1.52. The Hall–Kier alpha value is -2.71. The van der Waals surface area contributed by atoms with E-state index in [-0.39, 0.29) is 11.2 Å². The number of primary amides is 1. The van der Waals surface area contributed by atoms with Gasteiger partial charge in [0.05, 0.1) is 16.5 Å². The Morgan fingerprint density at radius 2 is 1.97 bits per heavy atom. The monoisotopic (exact) mass is 452 g/mol. The van der Waals surface area contributed by atoms with E-state index in [1.54, 1.807) is 0 Å². The number of hydrogen-bond acceptors (Lipinski definition) is 6. The highest BCUT2D eigenvalue weighted by molar-refractivity contribution is 8.00. The minimum Gasteiger partial charge on any atom is -0.365 e. The number of rotatable bonds is 7. The molecule has 0 aliphatic heterocycles. The van der Waals surface area contributed by atoms with Crippen LogP contribution in [0.3, 0.4) is 0 Å². The first kappa shape index (κ1) is 21.5. The van der Waals surface area contributed by atoms with Crippen molar-refractivity contribution in [1.82, 2.24) is 9.97 Å². The fourth-order valence-corrected chi connectivity index (χ4v) is 5.96. The fraction of sp³-hybridized carbons (Fsp3) is 0.304. The first-order valence-electron chi connectivity index (χ1n) is 10.4. The highest BCUT2D eigenvalue weighted by atomic mass is 32.2. The Morgan fingerprint density at radius 1 is 1.19 bits per heavy atom. The molecule has 1 aromatic carbocycles. The summed E-state index contributed by atoms with van der Waals surface area (Å²) in [6, 6.07) is 11.8. The van der Waals surface area contributed by atoms with Gasteiger partial charge >= 0.3 is 0 Å². The zero-order chi connectivity index (χ0) is 21.8. The second-order valence-electron chi connectivity index (χ2n) is 7.39. The van der Waals surface area contributed by atoms with Gasteiger partial charge in [0.2, 0.25) is 5.91 Å². The highest BCUT2D eigenvalue weighted by Crippen LogP contribution is 2.38. The molecule has 0 fully saturated rings. The molecule has 2 aromatic heterocycles. The summed E-state index contributed by atoms with van der Waals surface area (Å²) >= 11 is 2.88. The van der Waals surface area contributed by atoms with E-state index >= 15 is 0 Å². The number of hydrogen-bond donors (Lipinski definition) is 2. The van der Waals surface area contributed by atoms with Crippen LogP contribution in [0.2, 0.25) is 0 Å². The van der Waals surface area contributed by atoms with Gasteiger partial charge in [0.15, 0.2) is 0 Å². The lowest BCUT2D eigenvalue weighted by Gasteiger charge is -2.14. The van der Waals surface area contributed by atoms with Gasteiger partial charge in [-0.3, -0.25) is 9.59 Å². The molecular formula is C23H24N4O2S2. The fourth-order valence-electron chi connectivity index (χ4n) is 3.75. The van der Waals surface area contributed by atoms with Gasteiger partial charge in [0.25, 0.3) is 5.91 Å². The largest absolute Gasteiger partial charge is 0.365 e. The van der Waals surface area contributed by atoms with Crippen LogP contribution in [0.25, 0.3) is 11.3 Å². The number of nitrogens with zero attached hydrogens (tertiary/aromatic N) is 2. The van der Waals surface area contributed by atoms with Crippen LogP contribution >= 0.6 is 23.1 Å². The predicted octanol–water partition coefficient (Wildman–Crippen LogP) is 4.69. The van der Waals surface area contributed by atoms with Gasteiger partial charge in [0.1, 0.15) is 16.4 Å². The van der Waals surface area contributed by atoms with E-state index in [1.807, 2.05) is 43.3 Å². The molecule has 1 aliphatic carbocycles. The molecule has 160 valence electrons. The van der Waals surface area contributed by atoms with Crippen molar-refractivity contribution in [3.8, 4) is 11.3 Å². The number of anilines is 1. The third-order valence-corrected chi connectivity index (χ3v) is 7.80. The first-order chi connectivity index (χ1) is 15.1. The lowest BCUT2D eigenvalue weighted by molar-refractivity contribution is -0.115. The topological polar surface area (TPSA) is 98.0 Å². The zero-order valence-electron chi connectivity index (χ0n) is 17.3. The van der Waals surface area contributed by atoms with E-state index in [2.05, 4.69) is 15.3 Å². The van der Waals surface area contributed by atoms with Gasteiger partial charge in [-0.2, -0.15) is 0 Å². The number of fused-ring (bicyclic) bond motifs is 1. The van der Waals surface area contributed by atoms with Gasteiger partial charge in [0, 0.05) is 10.4 Å². The normalized spacial score (nSPS) is 14.0. The molecule has 0 spiro atoms. The predicted molar refractivity (Wildman–Crippen MR) is 126 cm³/mol. The Morgan fingerprint density at radius 3 is 2.71 bits per heavy atom. The molecule has 0 radical (unpaired) electrons. The second-order valence-corrected chi connectivity index (χ2v) is 9.72. The number of thiophene rings is 1. The standard InChI is InChI=1S/C23H24N4O2S2/c1-2-17(30-19-12-16(25-13-26-19)14-8-4-3-5-9-14)22(29)27-23-20(21(24)28)15-10-6-7-11-18(15)31-23/h3-5,8-9,12-13,17H,2,6-7,10-11H2,1H3,(H2,24,28)(H,27,29). The molecule has 1 aliphatic rings. The number of nitrogens with one attached hydrogen (secondary N) is 1. The maximum atomic E-state index is 13.1. The molecule has 8 heteroatoms. The number of carbonyl (C=O) groups excluding carboxylic acids is 2. The van der Waals surface area contributed by atoms with Gasteiger partial charge in [-0.05, 0) is 43.7 Å². The summed E-state index contributed by atoms with van der Waals surface area (Å²) in [5.41, 5.74) is 8.98. The minimum absolute atomic E-state index is 0.145. The maximum Gasteiger partial charge on any atom is 0.251 e. The second kappa shape index (κ2) is 9.62. The third kappa shape index (κ3) is 4.80. The number of amides is 2. The highest BCUT2D eigenvalue weighted by Gasteiger charge is 2.27. The number of nitrogens with two attached hydrogens (primary N) is 1. The summed E-state index contributed by atoms with van der Waals surface area (Å²) in [5.74, 6) is -0.618. The van der Waals surface area contributed by atoms with Crippen molar-refractivity contribution in [3.63, 3.8) is 0 Å². The SMILES string of the molecule is CCC(Sc1cc(-c2ccccc2)ncn1)C(=O)Nc1sc2c(c1C(N)=O)CCCC2. The number of aryl methyl sites for hydroxylation is 1. The molecule has 3 aromatic rings. The summed E-state index contributed by atoms with van der Waals surface area (Å²) in [7, 11) is 0. The van der Waals surface area contributed by atoms with Gasteiger partial charge in [-0.15, -0.1) is 11.3 Å². The molecular weight excluding hydrogens is 428 g/mol. The molecule has 6 nitrogen and oxygen atoms in total. The molecule has 2 amide bonds. The van der Waals surface area contributed by atoms with Crippen molar-refractivity contribution < 1.29 is 9.59 Å². The lowest BCUT2D eigenvalue weighted by Crippen LogP contribution is -2.26. The quantitative estimate of drug-likeness (QED) is 0.400. The average molecular weight is 453 g/mol. The molecule has 1 atom stereocenters. The molecule has 2 heterocycles. The van der Waals surface area contributed by atoms with Gasteiger partial charge < -0.3 is 11.1 Å². The van der Waals surface area contributed by atoms with Crippen LogP contribution < -0.4 is 11.1 Å². The Labute approximate surface area is 189 Å². The van der Waals surface area contributed by atoms with Crippen LogP contribution in [0.1, 0.15) is 47.0 Å². The Kier molecular flexibility index (Phi) is 6.67. The smallest absolute Gasteiger partial charge is 0.251 e. The van der Waals surface area contributed by atoms with Crippen LogP contribution in [0, 0.1) is 0 Å². The van der Waals surface area contributed by atoms with E-state index in [4.69, 9.17) is 5.73 Å². The Bertz CT molecular complexity index is 1100. The third-order valence-electron chi connectivity index (χ3n) is 5.29. The van der Waals surface area contributed by atoms with Crippen molar-refractivity contribution in [2.75, 3.05) is 5.32 Å². The average Bonchev–Trinajstić information content (AvgIpc) is 3.16. The lowest BCUT2D eigenvalue weighted by atomic mass is 9.95. The summed E-state index contributed by atoms with van der Waals surface area (Å²) in [6.07, 6.45) is 6.07. The summed E-state index contributed by atoms with van der Waals surface area (Å²) in [6.45, 7) is 1.96. The van der Waals surface area contributed by atoms with Crippen molar-refractivity contribution in [1.29, 1.82) is 0 Å². The number of benzene rings is 1. The molecule has 1 unspecified atom stereocenters. The summed E-state index contributed by atoms with van der Waals surface area (Å²) in [5, 5.41) is 3.95. The molecule has 0 saturated carbocycles. The van der Waals surface area contributed by atoms with Crippen LogP contribution in [0.5, 0.6) is 0 Å². The summed E-state index contributed by atoms with van der Waals surface area (Å²) in [4.78, 5) is 35.0. The zero-order valence-corrected chi connectivity index (χ0v) is 18.9. The van der Waals surface area contributed by atoms with E-state index in [1.165, 1.54) is 34.3 Å². The van der Waals surface area contributed by atoms with E-state index in [0.29, 0.717) is 17.0 Å². The minimum atomic E-state index is -0.473. The maximum absolute atomic E-state index is 13.1. The van der Waals surface area contributed by atoms with Crippen molar-refractivity contribution in [3.05, 3.63) is 58.7 Å². The van der Waals surface area contributed by atoms with Crippen LogP contribution in [0.4, 0.5) is 5.00 Å². The van der Waals surface area contributed by atoms with Crippen LogP contribution in [-0.4, -0.2) is 27.0 Å². The molecule has 4 rings (SSSR count). The van der Waals surface area contributed by atoms with Crippen LogP contribution in [0.15, 0.2) is 47.8 Å². The molecule has 31 heavy (non-hydrogen) atoms. The van der Waals surface area contributed by atoms with E-state index < -0.39 is 5.91 Å². The van der Waals surface area contributed by atoms with Crippen molar-refractivity contribution in [2.45, 2.75) is 49.3 Å². The number of carbonyl (C=O) groups is 2. The van der Waals surface area contributed by atoms with Crippen molar-refractivity contribution >= 4 is 39.9 Å². The number of thioether (sulfide) groups is 1. The molecule has 0 saturated heterocycles. The van der Waals surface area contributed by atoms with Crippen molar-refractivity contribution in [2.24, 2.45) is 5.73 Å². The van der Waals surface area contributed by atoms with E-state index in [9.17, 15) is 9.59 Å². The molecule has 0 bridgehead atoms.